The Bertz CT molecular complexity index is 554. The van der Waals surface area contributed by atoms with Gasteiger partial charge in [-0.2, -0.15) is 0 Å². The van der Waals surface area contributed by atoms with Gasteiger partial charge in [0.2, 0.25) is 0 Å². The van der Waals surface area contributed by atoms with Gasteiger partial charge in [0.25, 0.3) is 0 Å². The highest BCUT2D eigenvalue weighted by Crippen LogP contribution is 2.13. The Balaban J connectivity index is 2.10. The van der Waals surface area contributed by atoms with Crippen molar-refractivity contribution in [2.75, 3.05) is 5.32 Å². The van der Waals surface area contributed by atoms with Crippen LogP contribution in [0.2, 0.25) is 0 Å². The number of benzene rings is 1. The van der Waals surface area contributed by atoms with Crippen LogP contribution in [0.1, 0.15) is 11.1 Å². The maximum atomic E-state index is 12.8. The van der Waals surface area contributed by atoms with Gasteiger partial charge in [0, 0.05) is 12.7 Å². The predicted octanol–water partition coefficient (Wildman–Crippen LogP) is 2.47. The molecule has 0 saturated heterocycles. The second-order valence-corrected chi connectivity index (χ2v) is 4.18. The Morgan fingerprint density at radius 3 is 2.67 bits per heavy atom. The molecule has 0 unspecified atom stereocenters. The van der Waals surface area contributed by atoms with Gasteiger partial charge in [-0.15, -0.1) is 0 Å². The molecule has 2 rings (SSSR count). The van der Waals surface area contributed by atoms with E-state index in [-0.39, 0.29) is 5.82 Å². The number of aromatic nitrogens is 1. The van der Waals surface area contributed by atoms with Gasteiger partial charge in [-0.25, -0.2) is 9.37 Å². The number of rotatable bonds is 4. The van der Waals surface area contributed by atoms with Gasteiger partial charge in [0.05, 0.1) is 5.56 Å². The molecule has 0 fully saturated rings. The van der Waals surface area contributed by atoms with Crippen LogP contribution in [0.5, 0.6) is 0 Å². The molecule has 3 nitrogen and oxygen atoms in total. The Labute approximate surface area is 110 Å². The topological polar surface area (TPSA) is 50.9 Å². The van der Waals surface area contributed by atoms with Crippen molar-refractivity contribution in [1.29, 1.82) is 0 Å². The molecule has 3 N–H and O–H groups in total. The molecule has 5 heteroatoms. The molecule has 0 radical (unpaired) electrons. The minimum Gasteiger partial charge on any atom is -0.389 e. The number of nitrogens with one attached hydrogen (secondary N) is 1. The highest BCUT2D eigenvalue weighted by Gasteiger charge is 2.05. The fourth-order valence-corrected chi connectivity index (χ4v) is 1.70. The molecule has 0 bridgehead atoms. The third kappa shape index (κ3) is 3.01. The largest absolute Gasteiger partial charge is 0.389 e. The summed E-state index contributed by atoms with van der Waals surface area (Å²) in [5.41, 5.74) is 7.26. The number of pyridine rings is 1. The summed E-state index contributed by atoms with van der Waals surface area (Å²) < 4.78 is 12.8. The van der Waals surface area contributed by atoms with E-state index in [0.717, 1.165) is 5.56 Å². The normalized spacial score (nSPS) is 10.1. The maximum absolute atomic E-state index is 12.8. The van der Waals surface area contributed by atoms with E-state index >= 15 is 0 Å². The zero-order valence-corrected chi connectivity index (χ0v) is 10.4. The molecule has 0 amide bonds. The van der Waals surface area contributed by atoms with Crippen LogP contribution >= 0.6 is 12.2 Å². The van der Waals surface area contributed by atoms with Crippen LogP contribution < -0.4 is 11.1 Å². The third-order valence-corrected chi connectivity index (χ3v) is 2.67. The van der Waals surface area contributed by atoms with Gasteiger partial charge < -0.3 is 11.1 Å². The monoisotopic (exact) mass is 261 g/mol. The molecular weight excluding hydrogens is 249 g/mol. The van der Waals surface area contributed by atoms with Crippen molar-refractivity contribution < 1.29 is 4.39 Å². The highest BCUT2D eigenvalue weighted by atomic mass is 32.1. The number of hydrogen-bond donors (Lipinski definition) is 2. The number of anilines is 1. The molecule has 2 aromatic rings. The minimum atomic E-state index is -0.250. The number of halogens is 1. The number of nitrogens with zero attached hydrogens (tertiary/aromatic N) is 1. The molecule has 1 aromatic heterocycles. The van der Waals surface area contributed by atoms with Crippen molar-refractivity contribution in [1.82, 2.24) is 4.98 Å². The van der Waals surface area contributed by atoms with E-state index in [2.05, 4.69) is 10.3 Å². The molecule has 0 atom stereocenters. The zero-order chi connectivity index (χ0) is 13.0. The summed E-state index contributed by atoms with van der Waals surface area (Å²) >= 11 is 4.95. The molecule has 18 heavy (non-hydrogen) atoms. The summed E-state index contributed by atoms with van der Waals surface area (Å²) in [6, 6.07) is 9.85. The van der Waals surface area contributed by atoms with Gasteiger partial charge in [0.15, 0.2) is 0 Å². The second-order valence-electron chi connectivity index (χ2n) is 3.74. The van der Waals surface area contributed by atoms with Crippen LogP contribution in [0.15, 0.2) is 42.6 Å². The Hall–Kier alpha value is -2.01. The summed E-state index contributed by atoms with van der Waals surface area (Å²) in [7, 11) is 0. The molecule has 0 saturated carbocycles. The Morgan fingerprint density at radius 2 is 2.00 bits per heavy atom. The van der Waals surface area contributed by atoms with E-state index in [0.29, 0.717) is 22.9 Å². The van der Waals surface area contributed by atoms with E-state index in [9.17, 15) is 4.39 Å². The van der Waals surface area contributed by atoms with Crippen LogP contribution in [0.25, 0.3) is 0 Å². The lowest BCUT2D eigenvalue weighted by atomic mass is 10.2. The van der Waals surface area contributed by atoms with Gasteiger partial charge in [-0.1, -0.05) is 24.4 Å². The molecule has 0 aliphatic heterocycles. The van der Waals surface area contributed by atoms with E-state index in [4.69, 9.17) is 18.0 Å². The maximum Gasteiger partial charge on any atom is 0.136 e. The lowest BCUT2D eigenvalue weighted by Gasteiger charge is -2.09. The predicted molar refractivity (Wildman–Crippen MR) is 73.9 cm³/mol. The Kier molecular flexibility index (Phi) is 3.84. The number of thiocarbonyl (C=S) groups is 1. The minimum absolute atomic E-state index is 0.250. The van der Waals surface area contributed by atoms with Crippen LogP contribution in [0.3, 0.4) is 0 Å². The van der Waals surface area contributed by atoms with Crippen molar-refractivity contribution in [2.45, 2.75) is 6.54 Å². The summed E-state index contributed by atoms with van der Waals surface area (Å²) in [5, 5.41) is 3.13. The first-order valence-corrected chi connectivity index (χ1v) is 5.81. The number of hydrogen-bond acceptors (Lipinski definition) is 3. The van der Waals surface area contributed by atoms with Gasteiger partial charge in [-0.3, -0.25) is 0 Å². The lowest BCUT2D eigenvalue weighted by Crippen LogP contribution is -2.14. The van der Waals surface area contributed by atoms with Crippen LogP contribution in [0.4, 0.5) is 10.2 Å². The smallest absolute Gasteiger partial charge is 0.136 e. The lowest BCUT2D eigenvalue weighted by molar-refractivity contribution is 0.627. The SMILES string of the molecule is NC(=S)c1cccnc1NCc1ccc(F)cc1. The van der Waals surface area contributed by atoms with E-state index in [1.54, 1.807) is 24.4 Å². The molecule has 0 aliphatic carbocycles. The fraction of sp³-hybridized carbons (Fsp3) is 0.0769. The van der Waals surface area contributed by atoms with Crippen molar-refractivity contribution in [3.05, 3.63) is 59.5 Å². The molecular formula is C13H12FN3S. The van der Waals surface area contributed by atoms with Crippen LogP contribution in [-0.4, -0.2) is 9.97 Å². The quantitative estimate of drug-likeness (QED) is 0.830. The first-order valence-electron chi connectivity index (χ1n) is 5.40. The molecule has 92 valence electrons. The van der Waals surface area contributed by atoms with E-state index < -0.39 is 0 Å². The average molecular weight is 261 g/mol. The van der Waals surface area contributed by atoms with Crippen molar-refractivity contribution in [2.24, 2.45) is 5.73 Å². The Morgan fingerprint density at radius 1 is 1.28 bits per heavy atom. The van der Waals surface area contributed by atoms with Gasteiger partial charge in [0.1, 0.15) is 16.6 Å². The summed E-state index contributed by atoms with van der Waals surface area (Å²) in [4.78, 5) is 4.48. The van der Waals surface area contributed by atoms with Crippen molar-refractivity contribution >= 4 is 23.0 Å². The van der Waals surface area contributed by atoms with Crippen LogP contribution in [-0.2, 0) is 6.54 Å². The summed E-state index contributed by atoms with van der Waals surface area (Å²) in [6.07, 6.45) is 1.66. The van der Waals surface area contributed by atoms with E-state index in [1.807, 2.05) is 6.07 Å². The van der Waals surface area contributed by atoms with Gasteiger partial charge >= 0.3 is 0 Å². The molecule has 1 heterocycles. The highest BCUT2D eigenvalue weighted by molar-refractivity contribution is 7.80. The fourth-order valence-electron chi connectivity index (χ4n) is 1.53. The first kappa shape index (κ1) is 12.4. The zero-order valence-electron chi connectivity index (χ0n) is 9.56. The summed E-state index contributed by atoms with van der Waals surface area (Å²) in [5.74, 6) is 0.384. The van der Waals surface area contributed by atoms with Crippen molar-refractivity contribution in [3.8, 4) is 0 Å². The second kappa shape index (κ2) is 5.55. The summed E-state index contributed by atoms with van der Waals surface area (Å²) in [6.45, 7) is 0.535. The van der Waals surface area contributed by atoms with Crippen LogP contribution in [0, 0.1) is 5.82 Å². The van der Waals surface area contributed by atoms with Crippen molar-refractivity contribution in [3.63, 3.8) is 0 Å². The molecule has 1 aromatic carbocycles. The number of nitrogens with two attached hydrogens (primary N) is 1. The third-order valence-electron chi connectivity index (χ3n) is 2.45. The van der Waals surface area contributed by atoms with Gasteiger partial charge in [-0.05, 0) is 29.8 Å². The molecule has 0 aliphatic rings. The molecule has 0 spiro atoms. The first-order chi connectivity index (χ1) is 8.66. The average Bonchev–Trinajstić information content (AvgIpc) is 2.38. The van der Waals surface area contributed by atoms with E-state index in [1.165, 1.54) is 12.1 Å². The standard InChI is InChI=1S/C13H12FN3S/c14-10-5-3-9(4-6-10)8-17-13-11(12(15)18)2-1-7-16-13/h1-7H,8H2,(H2,15,18)(H,16,17).